The van der Waals surface area contributed by atoms with Crippen LogP contribution >= 0.6 is 15.9 Å². The standard InChI is InChI=1S/C16H18BrNO3/c1-10(2)16(20)8-18(9-16)7-11-5-15(19)21-14-6-12(17)3-4-13(11)14/h3-6,10,20H,7-9H2,1-2H3. The van der Waals surface area contributed by atoms with Crippen LogP contribution < -0.4 is 5.63 Å². The van der Waals surface area contributed by atoms with Crippen LogP contribution in [0.2, 0.25) is 0 Å². The maximum absolute atomic E-state index is 11.7. The molecule has 0 bridgehead atoms. The van der Waals surface area contributed by atoms with E-state index in [-0.39, 0.29) is 11.5 Å². The molecule has 0 atom stereocenters. The van der Waals surface area contributed by atoms with Crippen LogP contribution in [0, 0.1) is 5.92 Å². The van der Waals surface area contributed by atoms with E-state index in [0.29, 0.717) is 25.2 Å². The summed E-state index contributed by atoms with van der Waals surface area (Å²) in [5.41, 5.74) is 0.597. The number of rotatable bonds is 3. The summed E-state index contributed by atoms with van der Waals surface area (Å²) in [6, 6.07) is 7.24. The van der Waals surface area contributed by atoms with E-state index in [2.05, 4.69) is 20.8 Å². The quantitative estimate of drug-likeness (QED) is 0.864. The topological polar surface area (TPSA) is 53.7 Å². The molecular weight excluding hydrogens is 334 g/mol. The van der Waals surface area contributed by atoms with Gasteiger partial charge in [0, 0.05) is 35.6 Å². The molecule has 0 spiro atoms. The molecule has 2 heterocycles. The molecule has 1 N–H and O–H groups in total. The van der Waals surface area contributed by atoms with Gasteiger partial charge in [-0.2, -0.15) is 0 Å². The van der Waals surface area contributed by atoms with Crippen LogP contribution in [-0.4, -0.2) is 28.7 Å². The van der Waals surface area contributed by atoms with Gasteiger partial charge in [0.25, 0.3) is 0 Å². The van der Waals surface area contributed by atoms with Crippen molar-refractivity contribution < 1.29 is 9.52 Å². The van der Waals surface area contributed by atoms with E-state index in [1.807, 2.05) is 26.0 Å². The van der Waals surface area contributed by atoms with Crippen molar-refractivity contribution in [2.75, 3.05) is 13.1 Å². The van der Waals surface area contributed by atoms with Gasteiger partial charge in [0.1, 0.15) is 5.58 Å². The minimum atomic E-state index is -0.599. The number of aliphatic hydroxyl groups is 1. The molecule has 0 radical (unpaired) electrons. The third kappa shape index (κ3) is 2.78. The van der Waals surface area contributed by atoms with Crippen LogP contribution in [0.4, 0.5) is 0 Å². The van der Waals surface area contributed by atoms with Crippen molar-refractivity contribution >= 4 is 26.9 Å². The summed E-state index contributed by atoms with van der Waals surface area (Å²) >= 11 is 3.38. The number of halogens is 1. The van der Waals surface area contributed by atoms with Crippen molar-refractivity contribution in [3.8, 4) is 0 Å². The van der Waals surface area contributed by atoms with Gasteiger partial charge >= 0.3 is 5.63 Å². The highest BCUT2D eigenvalue weighted by atomic mass is 79.9. The lowest BCUT2D eigenvalue weighted by atomic mass is 9.83. The molecule has 0 aliphatic carbocycles. The molecule has 1 aliphatic rings. The van der Waals surface area contributed by atoms with Gasteiger partial charge in [-0.1, -0.05) is 29.8 Å². The minimum Gasteiger partial charge on any atom is -0.423 e. The van der Waals surface area contributed by atoms with E-state index in [0.717, 1.165) is 15.4 Å². The molecule has 1 aliphatic heterocycles. The molecular formula is C16H18BrNO3. The number of likely N-dealkylation sites (tertiary alicyclic amines) is 1. The van der Waals surface area contributed by atoms with E-state index in [1.165, 1.54) is 0 Å². The third-order valence-corrected chi connectivity index (χ3v) is 4.75. The molecule has 5 heteroatoms. The van der Waals surface area contributed by atoms with Gasteiger partial charge in [-0.05, 0) is 29.7 Å². The summed E-state index contributed by atoms with van der Waals surface area (Å²) in [7, 11) is 0. The predicted octanol–water partition coefficient (Wildman–Crippen LogP) is 2.76. The second-order valence-electron chi connectivity index (χ2n) is 6.13. The molecule has 2 aromatic rings. The highest BCUT2D eigenvalue weighted by Crippen LogP contribution is 2.31. The van der Waals surface area contributed by atoms with Crippen molar-refractivity contribution in [3.63, 3.8) is 0 Å². The first-order valence-electron chi connectivity index (χ1n) is 7.04. The van der Waals surface area contributed by atoms with Crippen LogP contribution in [0.15, 0.2) is 37.9 Å². The molecule has 0 unspecified atom stereocenters. The van der Waals surface area contributed by atoms with Crippen molar-refractivity contribution in [3.05, 3.63) is 44.7 Å². The number of benzene rings is 1. The Bertz CT molecular complexity index is 732. The van der Waals surface area contributed by atoms with Crippen LogP contribution in [0.1, 0.15) is 19.4 Å². The lowest BCUT2D eigenvalue weighted by molar-refractivity contribution is -0.130. The summed E-state index contributed by atoms with van der Waals surface area (Å²) in [5.74, 6) is 0.238. The maximum atomic E-state index is 11.7. The van der Waals surface area contributed by atoms with Crippen molar-refractivity contribution in [2.24, 2.45) is 5.92 Å². The van der Waals surface area contributed by atoms with Crippen LogP contribution in [0.3, 0.4) is 0 Å². The molecule has 4 nitrogen and oxygen atoms in total. The van der Waals surface area contributed by atoms with Crippen LogP contribution in [-0.2, 0) is 6.54 Å². The fourth-order valence-electron chi connectivity index (χ4n) is 2.78. The van der Waals surface area contributed by atoms with Gasteiger partial charge in [-0.3, -0.25) is 4.90 Å². The molecule has 112 valence electrons. The Morgan fingerprint density at radius 2 is 2.10 bits per heavy atom. The number of hydrogen-bond acceptors (Lipinski definition) is 4. The lowest BCUT2D eigenvalue weighted by Crippen LogP contribution is -2.63. The van der Waals surface area contributed by atoms with Gasteiger partial charge in [0.15, 0.2) is 0 Å². The summed E-state index contributed by atoms with van der Waals surface area (Å²) in [6.07, 6.45) is 0. The average molecular weight is 352 g/mol. The monoisotopic (exact) mass is 351 g/mol. The summed E-state index contributed by atoms with van der Waals surface area (Å²) in [6.45, 7) is 5.99. The van der Waals surface area contributed by atoms with Crippen LogP contribution in [0.5, 0.6) is 0 Å². The lowest BCUT2D eigenvalue weighted by Gasteiger charge is -2.49. The fraction of sp³-hybridized carbons (Fsp3) is 0.438. The normalized spacial score (nSPS) is 18.1. The van der Waals surface area contributed by atoms with Crippen LogP contribution in [0.25, 0.3) is 11.0 Å². The first kappa shape index (κ1) is 14.8. The van der Waals surface area contributed by atoms with Gasteiger partial charge in [-0.25, -0.2) is 4.79 Å². The maximum Gasteiger partial charge on any atom is 0.336 e. The van der Waals surface area contributed by atoms with E-state index < -0.39 is 5.60 Å². The predicted molar refractivity (Wildman–Crippen MR) is 85.2 cm³/mol. The first-order valence-corrected chi connectivity index (χ1v) is 7.84. The highest BCUT2D eigenvalue weighted by Gasteiger charge is 2.43. The fourth-order valence-corrected chi connectivity index (χ4v) is 3.12. The van der Waals surface area contributed by atoms with E-state index in [4.69, 9.17) is 4.42 Å². The van der Waals surface area contributed by atoms with Gasteiger partial charge in [-0.15, -0.1) is 0 Å². The van der Waals surface area contributed by atoms with Gasteiger partial charge in [0.05, 0.1) is 5.60 Å². The Balaban J connectivity index is 1.87. The molecule has 1 fully saturated rings. The number of hydrogen-bond donors (Lipinski definition) is 1. The minimum absolute atomic E-state index is 0.238. The zero-order chi connectivity index (χ0) is 15.2. The van der Waals surface area contributed by atoms with Crippen molar-refractivity contribution in [1.29, 1.82) is 0 Å². The zero-order valence-corrected chi connectivity index (χ0v) is 13.7. The molecule has 3 rings (SSSR count). The Labute approximate surface area is 131 Å². The van der Waals surface area contributed by atoms with E-state index in [9.17, 15) is 9.90 Å². The average Bonchev–Trinajstić information content (AvgIpc) is 2.35. The number of nitrogens with zero attached hydrogens (tertiary/aromatic N) is 1. The number of fused-ring (bicyclic) bond motifs is 1. The second-order valence-corrected chi connectivity index (χ2v) is 7.05. The van der Waals surface area contributed by atoms with E-state index >= 15 is 0 Å². The Morgan fingerprint density at radius 1 is 1.38 bits per heavy atom. The summed E-state index contributed by atoms with van der Waals surface area (Å²) in [5, 5.41) is 11.3. The summed E-state index contributed by atoms with van der Waals surface area (Å²) in [4.78, 5) is 13.8. The molecule has 0 saturated carbocycles. The smallest absolute Gasteiger partial charge is 0.336 e. The Kier molecular flexibility index (Phi) is 3.67. The SMILES string of the molecule is CC(C)C1(O)CN(Cc2cc(=O)oc3cc(Br)ccc23)C1. The van der Waals surface area contributed by atoms with Gasteiger partial charge in [0.2, 0.25) is 0 Å². The molecule has 1 aromatic heterocycles. The van der Waals surface area contributed by atoms with Crippen molar-refractivity contribution in [1.82, 2.24) is 4.90 Å². The van der Waals surface area contributed by atoms with Crippen molar-refractivity contribution in [2.45, 2.75) is 26.0 Å². The molecule has 0 amide bonds. The first-order chi connectivity index (χ1) is 9.87. The molecule has 1 aromatic carbocycles. The second kappa shape index (κ2) is 5.23. The molecule has 21 heavy (non-hydrogen) atoms. The largest absolute Gasteiger partial charge is 0.423 e. The number of β-amino-alcohol motifs (C(OH)–C–C–N with tert-alkyl or cyclic N) is 1. The summed E-state index contributed by atoms with van der Waals surface area (Å²) < 4.78 is 6.12. The van der Waals surface area contributed by atoms with Gasteiger partial charge < -0.3 is 9.52 Å². The zero-order valence-electron chi connectivity index (χ0n) is 12.1. The van der Waals surface area contributed by atoms with E-state index in [1.54, 1.807) is 12.1 Å². The molecule has 1 saturated heterocycles. The third-order valence-electron chi connectivity index (χ3n) is 4.26. The Morgan fingerprint density at radius 3 is 2.76 bits per heavy atom. The Hall–Kier alpha value is -1.17. The highest BCUT2D eigenvalue weighted by molar-refractivity contribution is 9.10.